The Morgan fingerprint density at radius 1 is 1.28 bits per heavy atom. The lowest BCUT2D eigenvalue weighted by Crippen LogP contribution is -2.08. The lowest BCUT2D eigenvalue weighted by atomic mass is 10.2. The van der Waals surface area contributed by atoms with Gasteiger partial charge in [-0.05, 0) is 24.3 Å². The molecule has 1 aromatic carbocycles. The fraction of sp³-hybridized carbons (Fsp3) is 0.0769. The van der Waals surface area contributed by atoms with Crippen LogP contribution in [0.5, 0.6) is 0 Å². The molecule has 0 saturated carbocycles. The predicted molar refractivity (Wildman–Crippen MR) is 70.3 cm³/mol. The summed E-state index contributed by atoms with van der Waals surface area (Å²) >= 11 is 1.32. The molecule has 0 saturated heterocycles. The molecule has 0 bridgehead atoms. The van der Waals surface area contributed by atoms with Crippen LogP contribution in [-0.4, -0.2) is 9.55 Å². The van der Waals surface area contributed by atoms with Gasteiger partial charge in [-0.25, -0.2) is 4.39 Å². The molecule has 3 aromatic rings. The number of rotatable bonds is 1. The van der Waals surface area contributed by atoms with Crippen molar-refractivity contribution in [2.24, 2.45) is 7.05 Å². The Morgan fingerprint density at radius 2 is 2.11 bits per heavy atom. The van der Waals surface area contributed by atoms with Crippen molar-refractivity contribution < 1.29 is 4.39 Å². The van der Waals surface area contributed by atoms with Crippen molar-refractivity contribution in [2.45, 2.75) is 0 Å². The number of aromatic nitrogens is 2. The van der Waals surface area contributed by atoms with Gasteiger partial charge in [-0.3, -0.25) is 4.79 Å². The molecule has 0 spiro atoms. The Morgan fingerprint density at radius 3 is 2.83 bits per heavy atom. The van der Waals surface area contributed by atoms with Crippen molar-refractivity contribution in [1.29, 1.82) is 0 Å². The highest BCUT2D eigenvalue weighted by Crippen LogP contribution is 2.26. The minimum atomic E-state index is -0.516. The maximum Gasteiger partial charge on any atom is 0.282 e. The van der Waals surface area contributed by atoms with E-state index in [1.165, 1.54) is 17.4 Å². The fourth-order valence-electron chi connectivity index (χ4n) is 1.86. The first-order valence-corrected chi connectivity index (χ1v) is 6.19. The summed E-state index contributed by atoms with van der Waals surface area (Å²) in [5, 5.41) is 0.672. The summed E-state index contributed by atoms with van der Waals surface area (Å²) < 4.78 is 16.1. The van der Waals surface area contributed by atoms with Crippen LogP contribution in [0, 0.1) is 5.82 Å². The lowest BCUT2D eigenvalue weighted by molar-refractivity contribution is 0.639. The highest BCUT2D eigenvalue weighted by atomic mass is 32.1. The van der Waals surface area contributed by atoms with Crippen LogP contribution in [-0.2, 0) is 7.05 Å². The number of nitrogens with zero attached hydrogens (tertiary/aromatic N) is 2. The molecule has 0 aliphatic heterocycles. The van der Waals surface area contributed by atoms with E-state index in [1.54, 1.807) is 12.1 Å². The van der Waals surface area contributed by atoms with Crippen molar-refractivity contribution in [3.05, 3.63) is 52.7 Å². The predicted octanol–water partition coefficient (Wildman–Crippen LogP) is 2.80. The van der Waals surface area contributed by atoms with Gasteiger partial charge in [0.15, 0.2) is 0 Å². The molecule has 18 heavy (non-hydrogen) atoms. The number of halogens is 1. The molecule has 90 valence electrons. The van der Waals surface area contributed by atoms with Gasteiger partial charge < -0.3 is 4.57 Å². The second kappa shape index (κ2) is 4.03. The van der Waals surface area contributed by atoms with E-state index in [2.05, 4.69) is 4.98 Å². The molecule has 0 aliphatic carbocycles. The van der Waals surface area contributed by atoms with Gasteiger partial charge in [0, 0.05) is 17.9 Å². The van der Waals surface area contributed by atoms with E-state index in [0.29, 0.717) is 9.71 Å². The minimum Gasteiger partial charge on any atom is -0.349 e. The summed E-state index contributed by atoms with van der Waals surface area (Å²) in [5.41, 5.74) is 0.335. The Labute approximate surface area is 106 Å². The van der Waals surface area contributed by atoms with E-state index < -0.39 is 11.4 Å². The average Bonchev–Trinajstić information content (AvgIpc) is 2.75. The van der Waals surface area contributed by atoms with Crippen LogP contribution in [0.15, 0.2) is 41.3 Å². The molecule has 0 unspecified atom stereocenters. The van der Waals surface area contributed by atoms with E-state index in [0.717, 1.165) is 5.69 Å². The van der Waals surface area contributed by atoms with E-state index >= 15 is 0 Å². The van der Waals surface area contributed by atoms with Crippen molar-refractivity contribution in [1.82, 2.24) is 9.55 Å². The molecule has 0 N–H and O–H groups in total. The molecular weight excluding hydrogens is 251 g/mol. The maximum atomic E-state index is 13.6. The van der Waals surface area contributed by atoms with Crippen LogP contribution >= 0.6 is 11.3 Å². The highest BCUT2D eigenvalue weighted by Gasteiger charge is 2.11. The molecular formula is C13H9FN2OS. The SMILES string of the molecule is Cn1cccc1-c1nc(=O)c2c(F)cccc2s1. The first kappa shape index (κ1) is 11.1. The first-order valence-electron chi connectivity index (χ1n) is 5.38. The Balaban J connectivity index is 2.36. The van der Waals surface area contributed by atoms with Gasteiger partial charge in [-0.2, -0.15) is 4.98 Å². The average molecular weight is 260 g/mol. The van der Waals surface area contributed by atoms with Gasteiger partial charge in [-0.15, -0.1) is 11.3 Å². The number of fused-ring (bicyclic) bond motifs is 1. The van der Waals surface area contributed by atoms with Gasteiger partial charge in [-0.1, -0.05) is 6.07 Å². The Bertz CT molecular complexity index is 791. The smallest absolute Gasteiger partial charge is 0.282 e. The Hall–Kier alpha value is -2.01. The van der Waals surface area contributed by atoms with Crippen LogP contribution < -0.4 is 5.56 Å². The van der Waals surface area contributed by atoms with Gasteiger partial charge in [0.25, 0.3) is 5.56 Å². The van der Waals surface area contributed by atoms with E-state index in [1.807, 2.05) is 29.9 Å². The number of aryl methyl sites for hydroxylation is 1. The largest absolute Gasteiger partial charge is 0.349 e. The lowest BCUT2D eigenvalue weighted by Gasteiger charge is -2.03. The van der Waals surface area contributed by atoms with Crippen LogP contribution in [0.2, 0.25) is 0 Å². The molecule has 0 radical (unpaired) electrons. The second-order valence-corrected chi connectivity index (χ2v) is 4.97. The third-order valence-electron chi connectivity index (χ3n) is 2.76. The second-order valence-electron chi connectivity index (χ2n) is 3.94. The zero-order chi connectivity index (χ0) is 12.7. The Kier molecular flexibility index (Phi) is 2.48. The topological polar surface area (TPSA) is 34.9 Å². The zero-order valence-corrected chi connectivity index (χ0v) is 10.4. The molecule has 5 heteroatoms. The summed E-state index contributed by atoms with van der Waals surface area (Å²) in [7, 11) is 1.88. The van der Waals surface area contributed by atoms with Gasteiger partial charge in [0.2, 0.25) is 0 Å². The quantitative estimate of drug-likeness (QED) is 0.674. The van der Waals surface area contributed by atoms with Gasteiger partial charge in [0.1, 0.15) is 10.8 Å². The highest BCUT2D eigenvalue weighted by molar-refractivity contribution is 7.21. The van der Waals surface area contributed by atoms with Crippen molar-refractivity contribution >= 4 is 21.4 Å². The van der Waals surface area contributed by atoms with Crippen LogP contribution in [0.3, 0.4) is 0 Å². The number of hydrogen-bond donors (Lipinski definition) is 0. The third-order valence-corrected chi connectivity index (χ3v) is 3.82. The minimum absolute atomic E-state index is 0.0699. The molecule has 0 atom stereocenters. The van der Waals surface area contributed by atoms with Crippen LogP contribution in [0.4, 0.5) is 4.39 Å². The van der Waals surface area contributed by atoms with E-state index in [9.17, 15) is 9.18 Å². The molecule has 0 aliphatic rings. The first-order chi connectivity index (χ1) is 8.66. The van der Waals surface area contributed by atoms with E-state index in [-0.39, 0.29) is 5.39 Å². The molecule has 3 rings (SSSR count). The standard InChI is InChI=1S/C13H9FN2OS/c1-16-7-3-5-9(16)13-15-12(17)11-8(14)4-2-6-10(11)18-13/h2-7H,1H3. The molecule has 3 nitrogen and oxygen atoms in total. The maximum absolute atomic E-state index is 13.6. The van der Waals surface area contributed by atoms with Crippen molar-refractivity contribution in [3.8, 4) is 10.7 Å². The molecule has 0 amide bonds. The normalized spacial score (nSPS) is 11.0. The summed E-state index contributed by atoms with van der Waals surface area (Å²) in [6.45, 7) is 0. The third kappa shape index (κ3) is 1.64. The summed E-state index contributed by atoms with van der Waals surface area (Å²) in [6, 6.07) is 8.37. The molecule has 2 heterocycles. The summed E-state index contributed by atoms with van der Waals surface area (Å²) in [4.78, 5) is 15.8. The summed E-state index contributed by atoms with van der Waals surface area (Å²) in [6.07, 6.45) is 1.88. The number of benzene rings is 1. The van der Waals surface area contributed by atoms with Crippen molar-refractivity contribution in [3.63, 3.8) is 0 Å². The molecule has 2 aromatic heterocycles. The summed E-state index contributed by atoms with van der Waals surface area (Å²) in [5.74, 6) is -0.514. The van der Waals surface area contributed by atoms with E-state index in [4.69, 9.17) is 0 Å². The van der Waals surface area contributed by atoms with Gasteiger partial charge >= 0.3 is 0 Å². The fourth-order valence-corrected chi connectivity index (χ4v) is 2.95. The number of hydrogen-bond acceptors (Lipinski definition) is 3. The monoisotopic (exact) mass is 260 g/mol. The molecule has 0 fully saturated rings. The zero-order valence-electron chi connectivity index (χ0n) is 9.55. The van der Waals surface area contributed by atoms with Gasteiger partial charge in [0.05, 0.1) is 11.1 Å². The van der Waals surface area contributed by atoms with Crippen molar-refractivity contribution in [2.75, 3.05) is 0 Å². The van der Waals surface area contributed by atoms with Crippen LogP contribution in [0.1, 0.15) is 0 Å². The van der Waals surface area contributed by atoms with Crippen LogP contribution in [0.25, 0.3) is 20.8 Å².